The van der Waals surface area contributed by atoms with Gasteiger partial charge in [-0.2, -0.15) is 0 Å². The number of fused-ring (bicyclic) bond motifs is 9. The number of anilines is 1. The van der Waals surface area contributed by atoms with Crippen molar-refractivity contribution in [3.8, 4) is 11.1 Å². The summed E-state index contributed by atoms with van der Waals surface area (Å²) in [5, 5.41) is 1.33. The monoisotopic (exact) mass is 624 g/mol. The minimum Gasteiger partial charge on any atom is -0.462 e. The Morgan fingerprint density at radius 3 is 2.30 bits per heavy atom. The molecule has 4 aromatic rings. The molecule has 7 atom stereocenters. The summed E-state index contributed by atoms with van der Waals surface area (Å²) in [4.78, 5) is 46.2. The third kappa shape index (κ3) is 4.12. The molecule has 1 saturated heterocycles. The molecule has 4 aliphatic rings. The summed E-state index contributed by atoms with van der Waals surface area (Å²) in [6.45, 7) is 2.04. The molecule has 3 fully saturated rings. The molecule has 8 rings (SSSR count). The third-order valence-corrected chi connectivity index (χ3v) is 12.7. The number of hydrogen-bond donors (Lipinski definition) is 1. The van der Waals surface area contributed by atoms with Crippen LogP contribution in [0.5, 0.6) is 0 Å². The fraction of sp³-hybridized carbons (Fsp3) is 0.294. The molecule has 216 valence electrons. The molecular formula is C34H28N2O4S3. The zero-order valence-corrected chi connectivity index (χ0v) is 25.7. The van der Waals surface area contributed by atoms with Gasteiger partial charge in [-0.3, -0.25) is 14.5 Å². The molecule has 1 aromatic heterocycles. The summed E-state index contributed by atoms with van der Waals surface area (Å²) in [5.74, 6) is -0.723. The first-order valence-corrected chi connectivity index (χ1v) is 16.7. The summed E-state index contributed by atoms with van der Waals surface area (Å²) in [5.41, 5.74) is 4.49. The average molecular weight is 625 g/mol. The van der Waals surface area contributed by atoms with Crippen LogP contribution >= 0.6 is 35.3 Å². The van der Waals surface area contributed by atoms with Crippen molar-refractivity contribution < 1.29 is 19.1 Å². The van der Waals surface area contributed by atoms with Crippen LogP contribution < -0.4 is 4.90 Å². The molecule has 43 heavy (non-hydrogen) atoms. The highest BCUT2D eigenvalue weighted by Crippen LogP contribution is 2.69. The van der Waals surface area contributed by atoms with Gasteiger partial charge in [-0.05, 0) is 84.3 Å². The fourth-order valence-corrected chi connectivity index (χ4v) is 11.5. The van der Waals surface area contributed by atoms with Crippen molar-refractivity contribution >= 4 is 58.8 Å². The molecule has 9 heteroatoms. The van der Waals surface area contributed by atoms with Crippen LogP contribution in [0.15, 0.2) is 83.9 Å². The van der Waals surface area contributed by atoms with E-state index in [9.17, 15) is 14.4 Å². The van der Waals surface area contributed by atoms with Crippen LogP contribution in [0.1, 0.15) is 40.1 Å². The zero-order valence-electron chi connectivity index (χ0n) is 23.3. The van der Waals surface area contributed by atoms with E-state index in [1.165, 1.54) is 26.5 Å². The number of carbonyl (C=O) groups is 3. The zero-order chi connectivity index (χ0) is 29.4. The van der Waals surface area contributed by atoms with E-state index in [1.54, 1.807) is 42.5 Å². The van der Waals surface area contributed by atoms with Gasteiger partial charge in [0, 0.05) is 16.0 Å². The number of nitrogens with one attached hydrogen (secondary N) is 1. The number of carbonyl (C=O) groups excluding carboxylic acids is 3. The Morgan fingerprint density at radius 2 is 1.60 bits per heavy atom. The van der Waals surface area contributed by atoms with Crippen LogP contribution in [-0.4, -0.2) is 34.6 Å². The van der Waals surface area contributed by atoms with Crippen molar-refractivity contribution in [3.05, 3.63) is 98.8 Å². The number of H-pyrrole nitrogens is 1. The maximum absolute atomic E-state index is 14.1. The molecule has 3 heterocycles. The molecule has 2 saturated carbocycles. The standard InChI is InChI=1S/C34H28N2O4S3/c1-2-40-33(39)20-12-14-21(15-13-20)36-31(37)26-22-16-23(27(26)32(36)38)28-25(22)24(29-30(42-28)35-34(41)43-29)19-10-8-18(9-11-19)17-6-4-3-5-7-17/h3-15,22-28H,2,16H2,1H3,(H,35,41). The average Bonchev–Trinajstić information content (AvgIpc) is 3.76. The van der Waals surface area contributed by atoms with Crippen molar-refractivity contribution in [2.45, 2.75) is 29.5 Å². The lowest BCUT2D eigenvalue weighted by Gasteiger charge is -2.43. The topological polar surface area (TPSA) is 79.5 Å². The van der Waals surface area contributed by atoms with E-state index in [0.717, 1.165) is 15.4 Å². The molecule has 6 nitrogen and oxygen atoms in total. The first-order valence-electron chi connectivity index (χ1n) is 14.6. The van der Waals surface area contributed by atoms with Gasteiger partial charge in [0.15, 0.2) is 3.95 Å². The van der Waals surface area contributed by atoms with Gasteiger partial charge in [0.2, 0.25) is 11.8 Å². The number of amides is 2. The van der Waals surface area contributed by atoms with Crippen LogP contribution in [0, 0.1) is 33.5 Å². The maximum Gasteiger partial charge on any atom is 0.338 e. The number of esters is 1. The van der Waals surface area contributed by atoms with Crippen molar-refractivity contribution in [1.29, 1.82) is 0 Å². The van der Waals surface area contributed by atoms with Crippen molar-refractivity contribution in [3.63, 3.8) is 0 Å². The quantitative estimate of drug-likeness (QED) is 0.142. The number of rotatable bonds is 5. The second-order valence-electron chi connectivity index (χ2n) is 11.7. The largest absolute Gasteiger partial charge is 0.462 e. The summed E-state index contributed by atoms with van der Waals surface area (Å²) in [6, 6.07) is 25.8. The number of benzene rings is 3. The van der Waals surface area contributed by atoms with E-state index >= 15 is 0 Å². The predicted octanol–water partition coefficient (Wildman–Crippen LogP) is 7.33. The summed E-state index contributed by atoms with van der Waals surface area (Å²) in [6.07, 6.45) is 0.888. The van der Waals surface area contributed by atoms with Gasteiger partial charge in [-0.1, -0.05) is 54.6 Å². The van der Waals surface area contributed by atoms with E-state index in [1.807, 2.05) is 17.8 Å². The van der Waals surface area contributed by atoms with Crippen LogP contribution in [-0.2, 0) is 14.3 Å². The highest BCUT2D eigenvalue weighted by atomic mass is 32.2. The molecular weight excluding hydrogens is 597 g/mol. The fourth-order valence-electron chi connectivity index (χ4n) is 8.12. The number of imide groups is 1. The van der Waals surface area contributed by atoms with Crippen LogP contribution in [0.4, 0.5) is 5.69 Å². The van der Waals surface area contributed by atoms with Crippen LogP contribution in [0.3, 0.4) is 0 Å². The Kier molecular flexibility index (Phi) is 6.47. The third-order valence-electron chi connectivity index (χ3n) is 9.74. The van der Waals surface area contributed by atoms with Crippen molar-refractivity contribution in [1.82, 2.24) is 4.98 Å². The Bertz CT molecular complexity index is 1810. The first kappa shape index (κ1) is 27.0. The van der Waals surface area contributed by atoms with Gasteiger partial charge in [-0.25, -0.2) is 4.79 Å². The number of ether oxygens (including phenoxy) is 1. The van der Waals surface area contributed by atoms with Crippen molar-refractivity contribution in [2.75, 3.05) is 11.5 Å². The van der Waals surface area contributed by atoms with Crippen LogP contribution in [0.2, 0.25) is 0 Å². The summed E-state index contributed by atoms with van der Waals surface area (Å²) < 4.78 is 5.86. The predicted molar refractivity (Wildman–Crippen MR) is 170 cm³/mol. The van der Waals surface area contributed by atoms with E-state index in [0.29, 0.717) is 11.3 Å². The van der Waals surface area contributed by atoms with Gasteiger partial charge in [0.05, 0.1) is 34.7 Å². The van der Waals surface area contributed by atoms with Gasteiger partial charge in [-0.15, -0.1) is 23.1 Å². The van der Waals surface area contributed by atoms with E-state index in [4.69, 9.17) is 17.0 Å². The second-order valence-corrected chi connectivity index (χ2v) is 14.6. The molecule has 1 N–H and O–H groups in total. The summed E-state index contributed by atoms with van der Waals surface area (Å²) in [7, 11) is 0. The minimum atomic E-state index is -0.418. The lowest BCUT2D eigenvalue weighted by Crippen LogP contribution is -2.42. The lowest BCUT2D eigenvalue weighted by molar-refractivity contribution is -0.123. The minimum absolute atomic E-state index is 0.107. The summed E-state index contributed by atoms with van der Waals surface area (Å²) >= 11 is 9.07. The van der Waals surface area contributed by atoms with Crippen molar-refractivity contribution in [2.24, 2.45) is 29.6 Å². The molecule has 7 unspecified atom stereocenters. The number of thiazole rings is 1. The second kappa shape index (κ2) is 10.3. The highest BCUT2D eigenvalue weighted by Gasteiger charge is 2.69. The van der Waals surface area contributed by atoms with E-state index in [2.05, 4.69) is 53.5 Å². The Labute approximate surface area is 262 Å². The number of aromatic nitrogens is 1. The number of thioether (sulfide) groups is 1. The molecule has 0 radical (unpaired) electrons. The van der Waals surface area contributed by atoms with E-state index < -0.39 is 5.97 Å². The van der Waals surface area contributed by atoms with Gasteiger partial charge in [0.1, 0.15) is 0 Å². The Hall–Kier alpha value is -3.53. The van der Waals surface area contributed by atoms with Gasteiger partial charge < -0.3 is 9.72 Å². The molecule has 2 aliphatic heterocycles. The van der Waals surface area contributed by atoms with Gasteiger partial charge in [0.25, 0.3) is 0 Å². The number of hydrogen-bond acceptors (Lipinski definition) is 7. The molecule has 2 bridgehead atoms. The maximum atomic E-state index is 14.1. The molecule has 2 aliphatic carbocycles. The van der Waals surface area contributed by atoms with Crippen LogP contribution in [0.25, 0.3) is 11.1 Å². The number of aromatic amines is 1. The molecule has 3 aromatic carbocycles. The molecule has 2 amide bonds. The first-order chi connectivity index (χ1) is 20.9. The highest BCUT2D eigenvalue weighted by molar-refractivity contribution is 8.00. The smallest absolute Gasteiger partial charge is 0.338 e. The Balaban J connectivity index is 1.14. The molecule has 0 spiro atoms. The lowest BCUT2D eigenvalue weighted by atomic mass is 9.68. The Morgan fingerprint density at radius 1 is 0.930 bits per heavy atom. The SMILES string of the molecule is CCOC(=O)c1ccc(N2C(=O)C3C4CC(C3C2=O)C2C(c3ccc(-c5ccccc5)cc3)c3sc(=S)[nH]c3SC42)cc1. The normalized spacial score (nSPS) is 28.5. The number of nitrogens with zero attached hydrogens (tertiary/aromatic N) is 1. The van der Waals surface area contributed by atoms with E-state index in [-0.39, 0.29) is 59.2 Å². The van der Waals surface area contributed by atoms with Gasteiger partial charge >= 0.3 is 5.97 Å².